The fourth-order valence-electron chi connectivity index (χ4n) is 4.55. The molecule has 1 aromatic heterocycles. The van der Waals surface area contributed by atoms with Crippen molar-refractivity contribution in [2.24, 2.45) is 5.92 Å². The summed E-state index contributed by atoms with van der Waals surface area (Å²) in [4.78, 5) is 16.3. The molecule has 34 heavy (non-hydrogen) atoms. The Hall–Kier alpha value is -2.92. The second-order valence-corrected chi connectivity index (χ2v) is 8.41. The van der Waals surface area contributed by atoms with E-state index in [1.807, 2.05) is 66.7 Å². The van der Waals surface area contributed by atoms with Gasteiger partial charge >= 0.3 is 29.6 Å². The van der Waals surface area contributed by atoms with Crippen LogP contribution in [0.15, 0.2) is 95.4 Å². The van der Waals surface area contributed by atoms with Gasteiger partial charge in [-0.25, -0.2) is 4.98 Å². The van der Waals surface area contributed by atoms with Gasteiger partial charge in [0.15, 0.2) is 5.76 Å². The van der Waals surface area contributed by atoms with Crippen LogP contribution in [-0.4, -0.2) is 11.0 Å². The van der Waals surface area contributed by atoms with Gasteiger partial charge in [-0.1, -0.05) is 84.9 Å². The van der Waals surface area contributed by atoms with Gasteiger partial charge in [-0.2, -0.15) is 0 Å². The van der Waals surface area contributed by atoms with Gasteiger partial charge in [0.1, 0.15) is 5.69 Å². The summed E-state index contributed by atoms with van der Waals surface area (Å²) in [7, 11) is 0. The molecule has 0 N–H and O–H groups in total. The Kier molecular flexibility index (Phi) is 7.84. The van der Waals surface area contributed by atoms with Gasteiger partial charge in [0.25, 0.3) is 0 Å². The monoisotopic (exact) mass is 457 g/mol. The predicted molar refractivity (Wildman–Crippen MR) is 127 cm³/mol. The molecule has 1 atom stereocenters. The molecule has 4 aromatic rings. The molecule has 3 aromatic carbocycles. The van der Waals surface area contributed by atoms with Gasteiger partial charge in [0.05, 0.1) is 5.97 Å². The van der Waals surface area contributed by atoms with Crippen molar-refractivity contribution in [2.75, 3.05) is 0 Å². The van der Waals surface area contributed by atoms with Crippen LogP contribution in [0.3, 0.4) is 0 Å². The number of carboxylic acids is 1. The van der Waals surface area contributed by atoms with Crippen molar-refractivity contribution in [1.82, 2.24) is 4.98 Å². The van der Waals surface area contributed by atoms with Crippen LogP contribution < -0.4 is 34.7 Å². The number of aromatic nitrogens is 1. The van der Waals surface area contributed by atoms with Gasteiger partial charge in [-0.05, 0) is 48.8 Å². The van der Waals surface area contributed by atoms with Crippen LogP contribution in [0.2, 0.25) is 0 Å². The molecule has 5 heteroatoms. The van der Waals surface area contributed by atoms with E-state index in [0.29, 0.717) is 5.89 Å². The Balaban J connectivity index is 0.00000274. The van der Waals surface area contributed by atoms with Crippen molar-refractivity contribution in [3.05, 3.63) is 108 Å². The van der Waals surface area contributed by atoms with E-state index in [4.69, 9.17) is 9.40 Å². The Labute approximate surface area is 221 Å². The molecule has 0 fully saturated rings. The minimum atomic E-state index is -1.15. The molecule has 164 valence electrons. The summed E-state index contributed by atoms with van der Waals surface area (Å²) in [5.41, 5.74) is 5.13. The quantitative estimate of drug-likeness (QED) is 0.418. The molecule has 4 nitrogen and oxygen atoms in total. The first-order valence-corrected chi connectivity index (χ1v) is 11.3. The first-order chi connectivity index (χ1) is 16.2. The number of allylic oxidation sites excluding steroid dienone is 2. The van der Waals surface area contributed by atoms with E-state index in [1.54, 1.807) is 18.2 Å². The molecule has 5 rings (SSSR count). The molecular formula is C29H24NNaO3. The molecule has 1 heterocycles. The van der Waals surface area contributed by atoms with E-state index >= 15 is 0 Å². The maximum absolute atomic E-state index is 11.3. The van der Waals surface area contributed by atoms with Crippen molar-refractivity contribution < 1.29 is 43.9 Å². The van der Waals surface area contributed by atoms with E-state index in [1.165, 1.54) is 0 Å². The molecule has 0 bridgehead atoms. The van der Waals surface area contributed by atoms with Crippen LogP contribution in [0.5, 0.6) is 0 Å². The van der Waals surface area contributed by atoms with Gasteiger partial charge in [-0.3, -0.25) is 0 Å². The fourth-order valence-corrected chi connectivity index (χ4v) is 4.55. The first kappa shape index (κ1) is 24.2. The molecular weight excluding hydrogens is 433 g/mol. The van der Waals surface area contributed by atoms with Crippen LogP contribution in [0.1, 0.15) is 41.1 Å². The maximum Gasteiger partial charge on any atom is 1.00 e. The average molecular weight is 458 g/mol. The van der Waals surface area contributed by atoms with Crippen molar-refractivity contribution in [3.8, 4) is 22.6 Å². The molecule has 0 radical (unpaired) electrons. The Morgan fingerprint density at radius 1 is 0.941 bits per heavy atom. The SMILES string of the molecule is O=C([O-])c1cccc(C[C@@H]2CCCC=C2c2nc(-c3ccccc3)c(-c3ccccc3)o2)c1.[Na+]. The maximum atomic E-state index is 11.3. The summed E-state index contributed by atoms with van der Waals surface area (Å²) >= 11 is 0. The smallest absolute Gasteiger partial charge is 0.545 e. The van der Waals surface area contributed by atoms with Gasteiger partial charge in [0.2, 0.25) is 5.89 Å². The van der Waals surface area contributed by atoms with E-state index in [9.17, 15) is 9.90 Å². The zero-order valence-corrected chi connectivity index (χ0v) is 21.2. The zero-order chi connectivity index (χ0) is 22.6. The third-order valence-corrected chi connectivity index (χ3v) is 6.16. The Bertz CT molecular complexity index is 1240. The third kappa shape index (κ3) is 5.25. The van der Waals surface area contributed by atoms with Crippen LogP contribution in [-0.2, 0) is 6.42 Å². The molecule has 0 saturated carbocycles. The third-order valence-electron chi connectivity index (χ3n) is 6.16. The van der Waals surface area contributed by atoms with Crippen molar-refractivity contribution in [1.29, 1.82) is 0 Å². The number of carbonyl (C=O) groups is 1. The van der Waals surface area contributed by atoms with Crippen LogP contribution in [0.4, 0.5) is 0 Å². The number of rotatable bonds is 6. The molecule has 1 aliphatic rings. The number of carboxylic acid groups (broad SMARTS) is 1. The minimum absolute atomic E-state index is 0. The molecule has 0 unspecified atom stereocenters. The van der Waals surface area contributed by atoms with Gasteiger partial charge in [-0.15, -0.1) is 0 Å². The predicted octanol–water partition coefficient (Wildman–Crippen LogP) is 2.80. The summed E-state index contributed by atoms with van der Waals surface area (Å²) < 4.78 is 6.44. The number of nitrogens with zero attached hydrogens (tertiary/aromatic N) is 1. The zero-order valence-electron chi connectivity index (χ0n) is 19.2. The Morgan fingerprint density at radius 2 is 1.65 bits per heavy atom. The number of benzene rings is 3. The molecule has 0 amide bonds. The van der Waals surface area contributed by atoms with Crippen LogP contribution in [0.25, 0.3) is 28.2 Å². The summed E-state index contributed by atoms with van der Waals surface area (Å²) in [6, 6.07) is 27.2. The molecule has 0 aliphatic heterocycles. The van der Waals surface area contributed by atoms with Crippen LogP contribution >= 0.6 is 0 Å². The van der Waals surface area contributed by atoms with Gasteiger partial charge in [0, 0.05) is 16.7 Å². The topological polar surface area (TPSA) is 66.2 Å². The van der Waals surface area contributed by atoms with Gasteiger partial charge < -0.3 is 14.3 Å². The number of carbonyl (C=O) groups excluding carboxylic acids is 1. The van der Waals surface area contributed by atoms with E-state index in [-0.39, 0.29) is 41.0 Å². The summed E-state index contributed by atoms with van der Waals surface area (Å²) in [5, 5.41) is 11.3. The standard InChI is InChI=1S/C29H25NO3.Na/c31-29(32)24-16-9-10-20(19-24)18-23-15-7-8-17-25(23)28-30-26(21-11-3-1-4-12-21)27(33-28)22-13-5-2-6-14-22;/h1-6,9-14,16-17,19,23H,7-8,15,18H2,(H,31,32);/q;+1/p-1/t23-;/m0./s1. The second kappa shape index (κ2) is 11.0. The van der Waals surface area contributed by atoms with Crippen molar-refractivity contribution in [2.45, 2.75) is 25.7 Å². The van der Waals surface area contributed by atoms with Crippen molar-refractivity contribution >= 4 is 11.5 Å². The molecule has 0 spiro atoms. The Morgan fingerprint density at radius 3 is 2.35 bits per heavy atom. The normalized spacial score (nSPS) is 15.3. The number of aromatic carboxylic acids is 1. The van der Waals surface area contributed by atoms with Crippen LogP contribution in [0, 0.1) is 5.92 Å². The number of hydrogen-bond donors (Lipinski definition) is 0. The second-order valence-electron chi connectivity index (χ2n) is 8.41. The molecule has 0 saturated heterocycles. The van der Waals surface area contributed by atoms with E-state index < -0.39 is 5.97 Å². The van der Waals surface area contributed by atoms with E-state index in [0.717, 1.165) is 59.4 Å². The van der Waals surface area contributed by atoms with E-state index in [2.05, 4.69) is 6.08 Å². The average Bonchev–Trinajstić information content (AvgIpc) is 3.31. The summed E-state index contributed by atoms with van der Waals surface area (Å²) in [6.45, 7) is 0. The first-order valence-electron chi connectivity index (χ1n) is 11.3. The number of hydrogen-bond acceptors (Lipinski definition) is 4. The summed E-state index contributed by atoms with van der Waals surface area (Å²) in [6.07, 6.45) is 6.04. The minimum Gasteiger partial charge on any atom is -0.545 e. The summed E-state index contributed by atoms with van der Waals surface area (Å²) in [5.74, 6) is 0.472. The number of oxazole rings is 1. The van der Waals surface area contributed by atoms with Crippen molar-refractivity contribution in [3.63, 3.8) is 0 Å². The largest absolute Gasteiger partial charge is 1.00 e. The fraction of sp³-hybridized carbons (Fsp3) is 0.172. The molecule has 1 aliphatic carbocycles.